The molecule has 0 bridgehead atoms. The van der Waals surface area contributed by atoms with Gasteiger partial charge in [0.25, 0.3) is 5.91 Å². The number of primary amides is 1. The summed E-state index contributed by atoms with van der Waals surface area (Å²) in [4.78, 5) is 24.7. The number of benzene rings is 1. The molecule has 1 atom stereocenters. The Morgan fingerprint density at radius 2 is 1.96 bits per heavy atom. The summed E-state index contributed by atoms with van der Waals surface area (Å²) in [7, 11) is 0. The summed E-state index contributed by atoms with van der Waals surface area (Å²) in [6.07, 6.45) is 3.24. The van der Waals surface area contributed by atoms with Gasteiger partial charge in [-0.25, -0.2) is 0 Å². The number of aryl methyl sites for hydroxylation is 1. The number of para-hydroxylation sites is 1. The number of unbranched alkanes of at least 4 members (excludes halogenated alkanes) is 2. The maximum absolute atomic E-state index is 12.8. The van der Waals surface area contributed by atoms with Gasteiger partial charge in [-0.05, 0) is 25.3 Å². The largest absolute Gasteiger partial charge is 0.368 e. The molecule has 1 heterocycles. The first-order chi connectivity index (χ1) is 11.8. The molecule has 25 heavy (non-hydrogen) atoms. The van der Waals surface area contributed by atoms with Gasteiger partial charge in [-0.15, -0.1) is 0 Å². The molecule has 1 aromatic heterocycles. The van der Waals surface area contributed by atoms with Crippen LogP contribution in [-0.2, 0) is 11.3 Å². The topological polar surface area (TPSA) is 90.0 Å². The second-order valence-electron chi connectivity index (χ2n) is 6.97. The van der Waals surface area contributed by atoms with Crippen molar-refractivity contribution in [1.29, 1.82) is 0 Å². The van der Waals surface area contributed by atoms with E-state index in [2.05, 4.69) is 17.3 Å². The lowest BCUT2D eigenvalue weighted by Crippen LogP contribution is -2.58. The summed E-state index contributed by atoms with van der Waals surface area (Å²) < 4.78 is 1.87. The summed E-state index contributed by atoms with van der Waals surface area (Å²) in [6, 6.07) is 7.65. The van der Waals surface area contributed by atoms with Gasteiger partial charge in [-0.3, -0.25) is 14.3 Å². The van der Waals surface area contributed by atoms with Crippen molar-refractivity contribution in [3.8, 4) is 0 Å². The fourth-order valence-corrected chi connectivity index (χ4v) is 2.76. The molecule has 0 spiro atoms. The molecule has 0 saturated carbocycles. The second-order valence-corrected chi connectivity index (χ2v) is 6.97. The second kappa shape index (κ2) is 7.68. The monoisotopic (exact) mass is 344 g/mol. The molecule has 2 aromatic rings. The third kappa shape index (κ3) is 3.83. The highest BCUT2D eigenvalue weighted by Crippen LogP contribution is 2.22. The number of nitrogens with one attached hydrogen (secondary N) is 1. The van der Waals surface area contributed by atoms with E-state index in [0.29, 0.717) is 5.69 Å². The van der Waals surface area contributed by atoms with E-state index in [-0.39, 0.29) is 11.8 Å². The molecule has 3 N–H and O–H groups in total. The number of aromatic nitrogens is 2. The molecule has 0 saturated heterocycles. The minimum Gasteiger partial charge on any atom is -0.368 e. The SMILES string of the molecule is CCCCCn1nc(C(=O)N[C@](C)(C(N)=O)C(C)C)c2ccccc21. The summed E-state index contributed by atoms with van der Waals surface area (Å²) in [6.45, 7) is 8.27. The third-order valence-electron chi connectivity index (χ3n) is 4.89. The molecule has 6 heteroatoms. The van der Waals surface area contributed by atoms with Gasteiger partial charge < -0.3 is 11.1 Å². The van der Waals surface area contributed by atoms with Crippen LogP contribution in [-0.4, -0.2) is 27.1 Å². The van der Waals surface area contributed by atoms with Gasteiger partial charge in [-0.1, -0.05) is 51.8 Å². The Labute approximate surface area is 148 Å². The average Bonchev–Trinajstić information content (AvgIpc) is 2.94. The first-order valence-corrected chi connectivity index (χ1v) is 8.89. The summed E-state index contributed by atoms with van der Waals surface area (Å²) in [5, 5.41) is 8.09. The first-order valence-electron chi connectivity index (χ1n) is 8.89. The van der Waals surface area contributed by atoms with Crippen molar-refractivity contribution in [2.45, 2.75) is 59.0 Å². The molecule has 0 radical (unpaired) electrons. The van der Waals surface area contributed by atoms with E-state index in [1.165, 1.54) is 0 Å². The molecule has 0 aliphatic rings. The fraction of sp³-hybridized carbons (Fsp3) is 0.526. The number of fused-ring (bicyclic) bond motifs is 1. The van der Waals surface area contributed by atoms with E-state index < -0.39 is 11.4 Å². The van der Waals surface area contributed by atoms with Crippen LogP contribution in [0.1, 0.15) is 57.4 Å². The van der Waals surface area contributed by atoms with Crippen LogP contribution in [0.3, 0.4) is 0 Å². The Kier molecular flexibility index (Phi) is 5.82. The number of nitrogens with two attached hydrogens (primary N) is 1. The van der Waals surface area contributed by atoms with E-state index in [0.717, 1.165) is 36.7 Å². The summed E-state index contributed by atoms with van der Waals surface area (Å²) >= 11 is 0. The van der Waals surface area contributed by atoms with Gasteiger partial charge in [0, 0.05) is 11.9 Å². The maximum atomic E-state index is 12.8. The number of hydrogen-bond acceptors (Lipinski definition) is 3. The summed E-state index contributed by atoms with van der Waals surface area (Å²) in [5.74, 6) is -1.06. The lowest BCUT2D eigenvalue weighted by Gasteiger charge is -2.31. The predicted molar refractivity (Wildman–Crippen MR) is 99.2 cm³/mol. The van der Waals surface area contributed by atoms with Gasteiger partial charge >= 0.3 is 0 Å². The molecule has 0 unspecified atom stereocenters. The average molecular weight is 344 g/mol. The Bertz CT molecular complexity index is 766. The number of nitrogens with zero attached hydrogens (tertiary/aromatic N) is 2. The van der Waals surface area contributed by atoms with Gasteiger partial charge in [0.1, 0.15) is 5.54 Å². The van der Waals surface area contributed by atoms with Crippen molar-refractivity contribution in [2.75, 3.05) is 0 Å². The van der Waals surface area contributed by atoms with Crippen LogP contribution in [0.5, 0.6) is 0 Å². The number of amides is 2. The van der Waals surface area contributed by atoms with Gasteiger partial charge in [-0.2, -0.15) is 5.10 Å². The smallest absolute Gasteiger partial charge is 0.273 e. The van der Waals surface area contributed by atoms with Crippen LogP contribution >= 0.6 is 0 Å². The zero-order valence-corrected chi connectivity index (χ0v) is 15.5. The molecule has 6 nitrogen and oxygen atoms in total. The molecule has 2 amide bonds. The Morgan fingerprint density at radius 3 is 2.56 bits per heavy atom. The van der Waals surface area contributed by atoms with Crippen LogP contribution in [0, 0.1) is 5.92 Å². The first kappa shape index (κ1) is 19.0. The Morgan fingerprint density at radius 1 is 1.28 bits per heavy atom. The van der Waals surface area contributed by atoms with Crippen LogP contribution in [0.4, 0.5) is 0 Å². The summed E-state index contributed by atoms with van der Waals surface area (Å²) in [5.41, 5.74) is 5.66. The van der Waals surface area contributed by atoms with Crippen molar-refractivity contribution in [2.24, 2.45) is 11.7 Å². The molecular formula is C19H28N4O2. The van der Waals surface area contributed by atoms with E-state index in [4.69, 9.17) is 5.73 Å². The quantitative estimate of drug-likeness (QED) is 0.722. The van der Waals surface area contributed by atoms with Crippen LogP contribution < -0.4 is 11.1 Å². The minimum atomic E-state index is -1.12. The number of carbonyl (C=O) groups excluding carboxylic acids is 2. The highest BCUT2D eigenvalue weighted by molar-refractivity contribution is 6.06. The molecule has 0 fully saturated rings. The fourth-order valence-electron chi connectivity index (χ4n) is 2.76. The lowest BCUT2D eigenvalue weighted by atomic mass is 9.87. The lowest BCUT2D eigenvalue weighted by molar-refractivity contribution is -0.125. The maximum Gasteiger partial charge on any atom is 0.273 e. The Balaban J connectivity index is 2.36. The third-order valence-corrected chi connectivity index (χ3v) is 4.89. The van der Waals surface area contributed by atoms with Crippen molar-refractivity contribution >= 4 is 22.7 Å². The molecule has 136 valence electrons. The molecule has 1 aromatic carbocycles. The van der Waals surface area contributed by atoms with Gasteiger partial charge in [0.2, 0.25) is 5.91 Å². The molecular weight excluding hydrogens is 316 g/mol. The van der Waals surface area contributed by atoms with Crippen LogP contribution in [0.15, 0.2) is 24.3 Å². The molecule has 0 aliphatic carbocycles. The van der Waals surface area contributed by atoms with E-state index in [9.17, 15) is 9.59 Å². The van der Waals surface area contributed by atoms with E-state index >= 15 is 0 Å². The zero-order valence-electron chi connectivity index (χ0n) is 15.5. The van der Waals surface area contributed by atoms with E-state index in [1.807, 2.05) is 42.8 Å². The van der Waals surface area contributed by atoms with Crippen molar-refractivity contribution in [1.82, 2.24) is 15.1 Å². The standard InChI is InChI=1S/C19H28N4O2/c1-5-6-9-12-23-15-11-8-7-10-14(15)16(22-23)17(24)21-19(4,13(2)3)18(20)25/h7-8,10-11,13H,5-6,9,12H2,1-4H3,(H2,20,25)(H,21,24)/t19-/m0/s1. The number of carbonyl (C=O) groups is 2. The number of hydrogen-bond donors (Lipinski definition) is 2. The van der Waals surface area contributed by atoms with Crippen molar-refractivity contribution < 1.29 is 9.59 Å². The zero-order chi connectivity index (χ0) is 18.6. The predicted octanol–water partition coefficient (Wildman–Crippen LogP) is 2.86. The van der Waals surface area contributed by atoms with Crippen molar-refractivity contribution in [3.63, 3.8) is 0 Å². The highest BCUT2D eigenvalue weighted by atomic mass is 16.2. The number of rotatable bonds is 8. The van der Waals surface area contributed by atoms with Gasteiger partial charge in [0.05, 0.1) is 5.52 Å². The molecule has 2 rings (SSSR count). The van der Waals surface area contributed by atoms with Crippen molar-refractivity contribution in [3.05, 3.63) is 30.0 Å². The Hall–Kier alpha value is -2.37. The molecule has 0 aliphatic heterocycles. The van der Waals surface area contributed by atoms with E-state index in [1.54, 1.807) is 6.92 Å². The van der Waals surface area contributed by atoms with Crippen LogP contribution in [0.25, 0.3) is 10.9 Å². The normalized spacial score (nSPS) is 13.8. The minimum absolute atomic E-state index is 0.133. The highest BCUT2D eigenvalue weighted by Gasteiger charge is 2.37. The van der Waals surface area contributed by atoms with Gasteiger partial charge in [0.15, 0.2) is 5.69 Å². The van der Waals surface area contributed by atoms with Crippen LogP contribution in [0.2, 0.25) is 0 Å².